The van der Waals surface area contributed by atoms with E-state index in [1.165, 1.54) is 11.3 Å². The average molecular weight is 406 g/mol. The second kappa shape index (κ2) is 8.16. The van der Waals surface area contributed by atoms with Crippen LogP contribution in [-0.4, -0.2) is 16.0 Å². The summed E-state index contributed by atoms with van der Waals surface area (Å²) in [4.78, 5) is 16.7. The van der Waals surface area contributed by atoms with Gasteiger partial charge in [0.25, 0.3) is 5.91 Å². The summed E-state index contributed by atoms with van der Waals surface area (Å²) >= 11 is 6.59. The van der Waals surface area contributed by atoms with Crippen LogP contribution in [-0.2, 0) is 0 Å². The van der Waals surface area contributed by atoms with Gasteiger partial charge >= 0.3 is 0 Å². The number of anilines is 1. The maximum Gasteiger partial charge on any atom is 0.286 e. The summed E-state index contributed by atoms with van der Waals surface area (Å²) in [5.74, 6) is 1.07. The van der Waals surface area contributed by atoms with Crippen LogP contribution in [0.15, 0.2) is 78.9 Å². The number of carbonyl (C=O) groups excluding carboxylic acids is 1. The van der Waals surface area contributed by atoms with Crippen LogP contribution in [0.4, 0.5) is 5.69 Å². The summed E-state index contributed by atoms with van der Waals surface area (Å²) in [5, 5.41) is 6.22. The summed E-state index contributed by atoms with van der Waals surface area (Å²) in [5.41, 5.74) is 1.50. The van der Waals surface area contributed by atoms with Crippen molar-refractivity contribution in [2.24, 2.45) is 0 Å². The van der Waals surface area contributed by atoms with E-state index in [2.05, 4.69) is 15.6 Å². The Kier molecular flexibility index (Phi) is 5.27. The Morgan fingerprint density at radius 3 is 2.50 bits per heavy atom. The van der Waals surface area contributed by atoms with Crippen LogP contribution in [0.1, 0.15) is 9.80 Å². The number of hydrogen-bond acceptors (Lipinski definition) is 5. The van der Waals surface area contributed by atoms with Crippen molar-refractivity contribution in [2.45, 2.75) is 0 Å². The van der Waals surface area contributed by atoms with Crippen LogP contribution < -0.4 is 15.4 Å². The van der Waals surface area contributed by atoms with Gasteiger partial charge in [0, 0.05) is 11.8 Å². The van der Waals surface area contributed by atoms with E-state index in [9.17, 15) is 4.79 Å². The fraction of sp³-hybridized carbons (Fsp3) is 0. The van der Waals surface area contributed by atoms with Gasteiger partial charge in [0.1, 0.15) is 11.5 Å². The molecule has 5 nitrogen and oxygen atoms in total. The molecule has 1 aromatic heterocycles. The number of rotatable bonds is 4. The molecule has 0 spiro atoms. The second-order valence-electron chi connectivity index (χ2n) is 5.84. The van der Waals surface area contributed by atoms with Gasteiger partial charge in [-0.25, -0.2) is 4.98 Å². The van der Waals surface area contributed by atoms with Crippen LogP contribution in [0.3, 0.4) is 0 Å². The maximum absolute atomic E-state index is 12.4. The highest BCUT2D eigenvalue weighted by atomic mass is 32.1. The zero-order valence-electron chi connectivity index (χ0n) is 14.6. The van der Waals surface area contributed by atoms with Gasteiger partial charge in [-0.05, 0) is 48.6 Å². The fourth-order valence-electron chi connectivity index (χ4n) is 2.55. The van der Waals surface area contributed by atoms with Crippen LogP contribution in [0.5, 0.6) is 11.5 Å². The lowest BCUT2D eigenvalue weighted by atomic mass is 10.3. The minimum Gasteiger partial charge on any atom is -0.457 e. The quantitative estimate of drug-likeness (QED) is 0.456. The predicted octanol–water partition coefficient (Wildman–Crippen LogP) is 5.22. The van der Waals surface area contributed by atoms with Crippen molar-refractivity contribution in [2.75, 3.05) is 5.32 Å². The Balaban J connectivity index is 1.40. The highest BCUT2D eigenvalue weighted by Gasteiger charge is 2.13. The van der Waals surface area contributed by atoms with E-state index in [1.807, 2.05) is 78.9 Å². The van der Waals surface area contributed by atoms with Crippen molar-refractivity contribution in [3.05, 3.63) is 83.9 Å². The molecule has 0 saturated heterocycles. The minimum absolute atomic E-state index is 0.195. The van der Waals surface area contributed by atoms with E-state index in [4.69, 9.17) is 17.0 Å². The van der Waals surface area contributed by atoms with Crippen molar-refractivity contribution in [1.29, 1.82) is 0 Å². The monoisotopic (exact) mass is 405 g/mol. The summed E-state index contributed by atoms with van der Waals surface area (Å²) in [6.45, 7) is 0. The predicted molar refractivity (Wildman–Crippen MR) is 116 cm³/mol. The largest absolute Gasteiger partial charge is 0.457 e. The Morgan fingerprint density at radius 2 is 1.68 bits per heavy atom. The van der Waals surface area contributed by atoms with Crippen molar-refractivity contribution in [3.63, 3.8) is 0 Å². The van der Waals surface area contributed by atoms with Crippen LogP contribution in [0, 0.1) is 0 Å². The number of ether oxygens (including phenoxy) is 1. The number of benzene rings is 3. The summed E-state index contributed by atoms with van der Waals surface area (Å²) in [6, 6.07) is 24.4. The lowest BCUT2D eigenvalue weighted by molar-refractivity contribution is 0.0977. The van der Waals surface area contributed by atoms with Crippen molar-refractivity contribution in [1.82, 2.24) is 10.3 Å². The number of hydrogen-bond donors (Lipinski definition) is 2. The first-order valence-corrected chi connectivity index (χ1v) is 9.71. The summed E-state index contributed by atoms with van der Waals surface area (Å²) in [7, 11) is 0. The molecule has 0 saturated carbocycles. The molecule has 2 N–H and O–H groups in total. The number of fused-ring (bicyclic) bond motifs is 1. The molecule has 3 aromatic carbocycles. The first kappa shape index (κ1) is 18.1. The zero-order valence-corrected chi connectivity index (χ0v) is 16.2. The Bertz CT molecular complexity index is 1110. The lowest BCUT2D eigenvalue weighted by Gasteiger charge is -2.10. The van der Waals surface area contributed by atoms with E-state index in [-0.39, 0.29) is 11.0 Å². The molecule has 28 heavy (non-hydrogen) atoms. The average Bonchev–Trinajstić information content (AvgIpc) is 3.13. The van der Waals surface area contributed by atoms with Gasteiger partial charge in [-0.15, -0.1) is 11.3 Å². The third-order valence-corrected chi connectivity index (χ3v) is 5.03. The normalized spacial score (nSPS) is 10.4. The molecule has 0 radical (unpaired) electrons. The van der Waals surface area contributed by atoms with Gasteiger partial charge < -0.3 is 10.1 Å². The molecule has 1 amide bonds. The highest BCUT2D eigenvalue weighted by Crippen LogP contribution is 2.24. The van der Waals surface area contributed by atoms with E-state index in [1.54, 1.807) is 0 Å². The molecule has 0 fully saturated rings. The number of aromatic nitrogens is 1. The molecule has 4 rings (SSSR count). The van der Waals surface area contributed by atoms with E-state index >= 15 is 0 Å². The number of carbonyl (C=O) groups is 1. The third kappa shape index (κ3) is 4.33. The van der Waals surface area contributed by atoms with Gasteiger partial charge in [-0.2, -0.15) is 0 Å². The SMILES string of the molecule is O=C(NC(=S)Nc1cccc(Oc2ccccc2)c1)c1nc2ccccc2s1. The molecule has 0 unspecified atom stereocenters. The van der Waals surface area contributed by atoms with E-state index in [0.29, 0.717) is 16.4 Å². The van der Waals surface area contributed by atoms with Gasteiger partial charge in [-0.3, -0.25) is 10.1 Å². The smallest absolute Gasteiger partial charge is 0.286 e. The molecule has 0 bridgehead atoms. The van der Waals surface area contributed by atoms with Gasteiger partial charge in [0.2, 0.25) is 0 Å². The standard InChI is InChI=1S/C21H15N3O2S2/c25-19(20-23-17-11-4-5-12-18(17)28-20)24-21(27)22-14-7-6-10-16(13-14)26-15-8-2-1-3-9-15/h1-13H,(H2,22,24,25,27). The fourth-order valence-corrected chi connectivity index (χ4v) is 3.62. The number of thiocarbonyl (C=S) groups is 1. The van der Waals surface area contributed by atoms with Gasteiger partial charge in [0.05, 0.1) is 10.2 Å². The number of nitrogens with zero attached hydrogens (tertiary/aromatic N) is 1. The first-order chi connectivity index (χ1) is 13.7. The summed E-state index contributed by atoms with van der Waals surface area (Å²) < 4.78 is 6.76. The molecule has 0 aliphatic heterocycles. The number of nitrogens with one attached hydrogen (secondary N) is 2. The van der Waals surface area contributed by atoms with Gasteiger partial charge in [0.15, 0.2) is 10.1 Å². The molecular formula is C21H15N3O2S2. The van der Waals surface area contributed by atoms with Crippen molar-refractivity contribution < 1.29 is 9.53 Å². The molecule has 138 valence electrons. The Labute approximate surface area is 171 Å². The van der Waals surface area contributed by atoms with Crippen LogP contribution in [0.25, 0.3) is 10.2 Å². The van der Waals surface area contributed by atoms with Crippen molar-refractivity contribution in [3.8, 4) is 11.5 Å². The third-order valence-electron chi connectivity index (χ3n) is 3.79. The Hall–Kier alpha value is -3.29. The second-order valence-corrected chi connectivity index (χ2v) is 7.28. The first-order valence-electron chi connectivity index (χ1n) is 8.48. The van der Waals surface area contributed by atoms with Gasteiger partial charge in [-0.1, -0.05) is 36.4 Å². The van der Waals surface area contributed by atoms with E-state index in [0.717, 1.165) is 16.0 Å². The topological polar surface area (TPSA) is 63.2 Å². The molecule has 4 aromatic rings. The molecule has 1 heterocycles. The number of para-hydroxylation sites is 2. The lowest BCUT2D eigenvalue weighted by Crippen LogP contribution is -2.34. The summed E-state index contributed by atoms with van der Waals surface area (Å²) in [6.07, 6.45) is 0. The number of amides is 1. The molecule has 0 atom stereocenters. The minimum atomic E-state index is -0.338. The molecule has 0 aliphatic rings. The zero-order chi connectivity index (χ0) is 19.3. The molecule has 0 aliphatic carbocycles. The number of thiazole rings is 1. The van der Waals surface area contributed by atoms with Crippen LogP contribution in [0.2, 0.25) is 0 Å². The molecular weight excluding hydrogens is 390 g/mol. The molecule has 7 heteroatoms. The van der Waals surface area contributed by atoms with Crippen molar-refractivity contribution >= 4 is 50.5 Å². The van der Waals surface area contributed by atoms with E-state index < -0.39 is 0 Å². The highest BCUT2D eigenvalue weighted by molar-refractivity contribution is 7.80. The Morgan fingerprint density at radius 1 is 0.929 bits per heavy atom. The van der Waals surface area contributed by atoms with Crippen LogP contribution >= 0.6 is 23.6 Å². The maximum atomic E-state index is 12.4.